The van der Waals surface area contributed by atoms with E-state index in [2.05, 4.69) is 26.0 Å². The third kappa shape index (κ3) is 2.54. The summed E-state index contributed by atoms with van der Waals surface area (Å²) in [7, 11) is 0. The summed E-state index contributed by atoms with van der Waals surface area (Å²) in [5, 5.41) is 0. The third-order valence-electron chi connectivity index (χ3n) is 4.49. The largest absolute Gasteiger partial charge is 0.320 e. The van der Waals surface area contributed by atoms with E-state index in [1.807, 2.05) is 29.7 Å². The molecule has 0 radical (unpaired) electrons. The minimum atomic E-state index is -0.359. The molecular weight excluding hydrogens is 260 g/mol. The van der Waals surface area contributed by atoms with Gasteiger partial charge in [-0.3, -0.25) is 4.79 Å². The highest BCUT2D eigenvalue weighted by molar-refractivity contribution is 5.36. The fourth-order valence-electron chi connectivity index (χ4n) is 2.82. The van der Waals surface area contributed by atoms with Crippen LogP contribution in [0.25, 0.3) is 0 Å². The Bertz CT molecular complexity index is 741. The van der Waals surface area contributed by atoms with Crippen LogP contribution in [0.1, 0.15) is 52.9 Å². The number of pyridine rings is 1. The summed E-state index contributed by atoms with van der Waals surface area (Å²) < 4.78 is 1.91. The molecule has 2 aromatic rings. The van der Waals surface area contributed by atoms with E-state index in [9.17, 15) is 4.79 Å². The molecule has 1 heterocycles. The molecule has 3 nitrogen and oxygen atoms in total. The zero-order chi connectivity index (χ0) is 15.1. The highest BCUT2D eigenvalue weighted by Crippen LogP contribution is 2.34. The van der Waals surface area contributed by atoms with Gasteiger partial charge < -0.3 is 10.3 Å². The van der Waals surface area contributed by atoms with Crippen LogP contribution in [0.2, 0.25) is 0 Å². The van der Waals surface area contributed by atoms with Crippen molar-refractivity contribution in [2.45, 2.75) is 45.7 Å². The van der Waals surface area contributed by atoms with Crippen molar-refractivity contribution in [2.24, 2.45) is 5.73 Å². The minimum Gasteiger partial charge on any atom is -0.320 e. The van der Waals surface area contributed by atoms with Gasteiger partial charge in [0.25, 0.3) is 5.56 Å². The van der Waals surface area contributed by atoms with E-state index in [4.69, 9.17) is 5.73 Å². The van der Waals surface area contributed by atoms with E-state index < -0.39 is 0 Å². The van der Waals surface area contributed by atoms with Crippen LogP contribution in [0.15, 0.2) is 35.1 Å². The molecule has 1 aromatic carbocycles. The van der Waals surface area contributed by atoms with E-state index in [1.54, 1.807) is 0 Å². The molecule has 1 aliphatic carbocycles. The van der Waals surface area contributed by atoms with Gasteiger partial charge in [0.05, 0.1) is 6.04 Å². The molecule has 0 spiro atoms. The van der Waals surface area contributed by atoms with Crippen LogP contribution in [0.3, 0.4) is 0 Å². The van der Waals surface area contributed by atoms with Gasteiger partial charge in [0, 0.05) is 17.3 Å². The van der Waals surface area contributed by atoms with Crippen molar-refractivity contribution in [2.75, 3.05) is 0 Å². The highest BCUT2D eigenvalue weighted by atomic mass is 16.1. The maximum absolute atomic E-state index is 12.7. The molecule has 0 saturated heterocycles. The van der Waals surface area contributed by atoms with E-state index >= 15 is 0 Å². The molecule has 0 bridgehead atoms. The van der Waals surface area contributed by atoms with Gasteiger partial charge in [-0.2, -0.15) is 0 Å². The Morgan fingerprint density at radius 1 is 1.10 bits per heavy atom. The van der Waals surface area contributed by atoms with Crippen molar-refractivity contribution in [1.82, 2.24) is 4.57 Å². The SMILES string of the molecule is Cc1ccc(C(N)c2ccc(C)n(C3CC3)c2=O)cc1C. The van der Waals surface area contributed by atoms with Crippen LogP contribution in [0.5, 0.6) is 0 Å². The van der Waals surface area contributed by atoms with Crippen molar-refractivity contribution in [3.63, 3.8) is 0 Å². The quantitative estimate of drug-likeness (QED) is 0.940. The van der Waals surface area contributed by atoms with Crippen molar-refractivity contribution in [3.05, 3.63) is 68.6 Å². The van der Waals surface area contributed by atoms with E-state index in [0.717, 1.165) is 24.1 Å². The molecule has 2 N–H and O–H groups in total. The fraction of sp³-hybridized carbons (Fsp3) is 0.389. The molecular formula is C18H22N2O. The smallest absolute Gasteiger partial charge is 0.256 e. The number of aromatic nitrogens is 1. The second-order valence-electron chi connectivity index (χ2n) is 6.16. The zero-order valence-electron chi connectivity index (χ0n) is 12.9. The van der Waals surface area contributed by atoms with Gasteiger partial charge >= 0.3 is 0 Å². The standard InChI is InChI=1S/C18H22N2O/c1-11-4-6-14(10-12(11)2)17(19)16-9-5-13(3)20(18(16)21)15-7-8-15/h4-6,9-10,15,17H,7-8,19H2,1-3H3. The van der Waals surface area contributed by atoms with Gasteiger partial charge in [0.1, 0.15) is 0 Å². The molecule has 110 valence electrons. The second kappa shape index (κ2) is 5.15. The fourth-order valence-corrected chi connectivity index (χ4v) is 2.82. The average Bonchev–Trinajstić information content (AvgIpc) is 3.26. The molecule has 21 heavy (non-hydrogen) atoms. The number of nitrogens with zero attached hydrogens (tertiary/aromatic N) is 1. The van der Waals surface area contributed by atoms with Crippen molar-refractivity contribution >= 4 is 0 Å². The molecule has 1 aliphatic rings. The topological polar surface area (TPSA) is 48.0 Å². The highest BCUT2D eigenvalue weighted by Gasteiger charge is 2.27. The summed E-state index contributed by atoms with van der Waals surface area (Å²) in [5.41, 5.74) is 11.6. The Balaban J connectivity index is 2.05. The Morgan fingerprint density at radius 3 is 2.43 bits per heavy atom. The average molecular weight is 282 g/mol. The van der Waals surface area contributed by atoms with E-state index in [1.165, 1.54) is 11.1 Å². The predicted molar refractivity (Wildman–Crippen MR) is 85.7 cm³/mol. The van der Waals surface area contributed by atoms with Crippen LogP contribution < -0.4 is 11.3 Å². The molecule has 1 fully saturated rings. The van der Waals surface area contributed by atoms with E-state index in [0.29, 0.717) is 11.6 Å². The number of rotatable bonds is 3. The number of aryl methyl sites for hydroxylation is 3. The number of nitrogens with two attached hydrogens (primary N) is 1. The number of benzene rings is 1. The van der Waals surface area contributed by atoms with E-state index in [-0.39, 0.29) is 11.6 Å². The van der Waals surface area contributed by atoms with Gasteiger partial charge in [-0.1, -0.05) is 18.2 Å². The van der Waals surface area contributed by atoms with Gasteiger partial charge in [-0.25, -0.2) is 0 Å². The van der Waals surface area contributed by atoms with Crippen LogP contribution in [0.4, 0.5) is 0 Å². The summed E-state index contributed by atoms with van der Waals surface area (Å²) in [6.45, 7) is 6.14. The van der Waals surface area contributed by atoms with Crippen LogP contribution >= 0.6 is 0 Å². The number of hydrogen-bond acceptors (Lipinski definition) is 2. The molecule has 1 atom stereocenters. The molecule has 1 saturated carbocycles. The number of hydrogen-bond donors (Lipinski definition) is 1. The predicted octanol–water partition coefficient (Wildman–Crippen LogP) is 3.16. The first-order valence-electron chi connectivity index (χ1n) is 7.54. The van der Waals surface area contributed by atoms with Crippen molar-refractivity contribution < 1.29 is 0 Å². The lowest BCUT2D eigenvalue weighted by molar-refractivity contribution is 0.662. The zero-order valence-corrected chi connectivity index (χ0v) is 12.9. The molecule has 0 amide bonds. The van der Waals surface area contributed by atoms with Gasteiger partial charge in [-0.15, -0.1) is 0 Å². The van der Waals surface area contributed by atoms with Gasteiger partial charge in [0.2, 0.25) is 0 Å². The lowest BCUT2D eigenvalue weighted by Crippen LogP contribution is -2.29. The first-order valence-corrected chi connectivity index (χ1v) is 7.54. The summed E-state index contributed by atoms with van der Waals surface area (Å²) in [4.78, 5) is 12.7. The van der Waals surface area contributed by atoms with Crippen LogP contribution in [-0.4, -0.2) is 4.57 Å². The van der Waals surface area contributed by atoms with Crippen LogP contribution in [-0.2, 0) is 0 Å². The Morgan fingerprint density at radius 2 is 1.81 bits per heavy atom. The second-order valence-corrected chi connectivity index (χ2v) is 6.16. The lowest BCUT2D eigenvalue weighted by Gasteiger charge is -2.17. The monoisotopic (exact) mass is 282 g/mol. The lowest BCUT2D eigenvalue weighted by atomic mass is 9.97. The normalized spacial score (nSPS) is 16.0. The summed E-state index contributed by atoms with van der Waals surface area (Å²) in [5.74, 6) is 0. The minimum absolute atomic E-state index is 0.0724. The molecule has 3 rings (SSSR count). The van der Waals surface area contributed by atoms with Gasteiger partial charge in [-0.05, 0) is 62.4 Å². The summed E-state index contributed by atoms with van der Waals surface area (Å²) in [6.07, 6.45) is 2.20. The van der Waals surface area contributed by atoms with Crippen molar-refractivity contribution in [3.8, 4) is 0 Å². The summed E-state index contributed by atoms with van der Waals surface area (Å²) in [6, 6.07) is 10.1. The summed E-state index contributed by atoms with van der Waals surface area (Å²) >= 11 is 0. The maximum atomic E-state index is 12.7. The maximum Gasteiger partial charge on any atom is 0.256 e. The Kier molecular flexibility index (Phi) is 3.46. The third-order valence-corrected chi connectivity index (χ3v) is 4.49. The first-order chi connectivity index (χ1) is 9.99. The first kappa shape index (κ1) is 14.1. The Hall–Kier alpha value is -1.87. The van der Waals surface area contributed by atoms with Gasteiger partial charge in [0.15, 0.2) is 0 Å². The van der Waals surface area contributed by atoms with Crippen molar-refractivity contribution in [1.29, 1.82) is 0 Å². The molecule has 1 aromatic heterocycles. The molecule has 0 aliphatic heterocycles. The Labute approximate surface area is 125 Å². The molecule has 3 heteroatoms. The van der Waals surface area contributed by atoms with Crippen LogP contribution in [0, 0.1) is 20.8 Å². The molecule has 1 unspecified atom stereocenters.